The highest BCUT2D eigenvalue weighted by Crippen LogP contribution is 2.40. The van der Waals surface area contributed by atoms with E-state index in [1.165, 1.54) is 21.3 Å². The third-order valence-corrected chi connectivity index (χ3v) is 6.05. The fraction of sp³-hybridized carbons (Fsp3) is 0.200. The Morgan fingerprint density at radius 1 is 0.897 bits per heavy atom. The van der Waals surface area contributed by atoms with E-state index < -0.39 is 11.8 Å². The number of ether oxygens (including phenoxy) is 6. The number of carbonyl (C=O) groups is 2. The van der Waals surface area contributed by atoms with Gasteiger partial charge in [-0.05, 0) is 59.7 Å². The van der Waals surface area contributed by atoms with E-state index in [0.717, 1.165) is 0 Å². The Labute approximate surface area is 225 Å². The maximum atomic E-state index is 13.9. The minimum atomic E-state index is -1.27. The summed E-state index contributed by atoms with van der Waals surface area (Å²) in [5, 5.41) is 10.4. The van der Waals surface area contributed by atoms with Crippen molar-refractivity contribution in [2.75, 3.05) is 34.7 Å². The summed E-state index contributed by atoms with van der Waals surface area (Å²) in [4.78, 5) is 26.6. The molecule has 39 heavy (non-hydrogen) atoms. The summed E-state index contributed by atoms with van der Waals surface area (Å²) in [6, 6.07) is 14.6. The monoisotopic (exact) mass is 532 g/mol. The first-order valence-corrected chi connectivity index (χ1v) is 11.9. The summed E-state index contributed by atoms with van der Waals surface area (Å²) in [7, 11) is 4.48. The van der Waals surface area contributed by atoms with Gasteiger partial charge >= 0.3 is 5.97 Å². The molecule has 0 saturated heterocycles. The van der Waals surface area contributed by atoms with Crippen molar-refractivity contribution in [3.05, 3.63) is 89.5 Å². The van der Waals surface area contributed by atoms with Gasteiger partial charge < -0.3 is 33.5 Å². The van der Waals surface area contributed by atoms with Crippen molar-refractivity contribution in [2.24, 2.45) is 0 Å². The molecule has 0 atom stereocenters. The number of hydrogen-bond acceptors (Lipinski definition) is 8. The van der Waals surface area contributed by atoms with Crippen molar-refractivity contribution in [2.45, 2.75) is 6.42 Å². The third kappa shape index (κ3) is 5.82. The molecule has 1 N–H and O–H groups in total. The van der Waals surface area contributed by atoms with Crippen LogP contribution in [0.15, 0.2) is 72.8 Å². The number of aliphatic carboxylic acids is 1. The van der Waals surface area contributed by atoms with Gasteiger partial charge in [0.2, 0.25) is 12.5 Å². The average Bonchev–Trinajstić information content (AvgIpc) is 3.43. The Kier molecular flexibility index (Phi) is 8.40. The number of Topliss-reactive ketones (excluding diaryl/α,β-unsaturated/α-hetero) is 1. The predicted molar refractivity (Wildman–Crippen MR) is 143 cm³/mol. The number of methoxy groups -OCH3 is 3. The van der Waals surface area contributed by atoms with E-state index in [4.69, 9.17) is 28.4 Å². The minimum Gasteiger partial charge on any atom is -0.497 e. The van der Waals surface area contributed by atoms with Gasteiger partial charge in [0.1, 0.15) is 12.4 Å². The van der Waals surface area contributed by atoms with Crippen LogP contribution in [0.2, 0.25) is 0 Å². The first-order chi connectivity index (χ1) is 18.9. The van der Waals surface area contributed by atoms with Crippen LogP contribution in [0.4, 0.5) is 0 Å². The molecule has 3 aromatic carbocycles. The van der Waals surface area contributed by atoms with Crippen molar-refractivity contribution in [3.8, 4) is 34.5 Å². The van der Waals surface area contributed by atoms with Crippen LogP contribution in [-0.4, -0.2) is 51.6 Å². The molecule has 9 heteroatoms. The van der Waals surface area contributed by atoms with E-state index in [9.17, 15) is 14.7 Å². The first kappa shape index (κ1) is 27.1. The SMILES string of the molecule is C=CCOc1c(OC)cc(CC(C(=O)c2ccc(OC)cc2)=C(C(=O)O)c2ccc3c(c2)OCO3)cc1OC. The van der Waals surface area contributed by atoms with Crippen molar-refractivity contribution in [1.82, 2.24) is 0 Å². The zero-order valence-corrected chi connectivity index (χ0v) is 21.8. The zero-order chi connectivity index (χ0) is 27.9. The minimum absolute atomic E-state index is 0.0302. The second-order valence-corrected chi connectivity index (χ2v) is 8.39. The molecule has 202 valence electrons. The molecular formula is C30H28O9. The number of ketones is 1. The Morgan fingerprint density at radius 3 is 2.13 bits per heavy atom. The van der Waals surface area contributed by atoms with E-state index >= 15 is 0 Å². The summed E-state index contributed by atoms with van der Waals surface area (Å²) in [6.45, 7) is 3.91. The van der Waals surface area contributed by atoms with Crippen molar-refractivity contribution in [1.29, 1.82) is 0 Å². The van der Waals surface area contributed by atoms with Gasteiger partial charge in [-0.25, -0.2) is 4.79 Å². The number of fused-ring (bicyclic) bond motifs is 1. The fourth-order valence-corrected chi connectivity index (χ4v) is 4.20. The van der Waals surface area contributed by atoms with Gasteiger partial charge in [-0.1, -0.05) is 18.7 Å². The van der Waals surface area contributed by atoms with Crippen LogP contribution in [-0.2, 0) is 11.2 Å². The Bertz CT molecular complexity index is 1400. The lowest BCUT2D eigenvalue weighted by Crippen LogP contribution is -2.14. The van der Waals surface area contributed by atoms with Gasteiger partial charge in [-0.3, -0.25) is 4.79 Å². The molecular weight excluding hydrogens is 504 g/mol. The van der Waals surface area contributed by atoms with Crippen molar-refractivity contribution < 1.29 is 43.1 Å². The smallest absolute Gasteiger partial charge is 0.336 e. The van der Waals surface area contributed by atoms with E-state index in [0.29, 0.717) is 51.2 Å². The van der Waals surface area contributed by atoms with Crippen molar-refractivity contribution in [3.63, 3.8) is 0 Å². The van der Waals surface area contributed by atoms with Crippen LogP contribution in [0.5, 0.6) is 34.5 Å². The molecule has 1 aliphatic rings. The second kappa shape index (κ2) is 12.1. The maximum absolute atomic E-state index is 13.9. The lowest BCUT2D eigenvalue weighted by atomic mass is 9.89. The molecule has 0 unspecified atom stereocenters. The summed E-state index contributed by atoms with van der Waals surface area (Å²) >= 11 is 0. The molecule has 0 fully saturated rings. The highest BCUT2D eigenvalue weighted by Gasteiger charge is 2.27. The topological polar surface area (TPSA) is 110 Å². The maximum Gasteiger partial charge on any atom is 0.336 e. The molecule has 3 aromatic rings. The van der Waals surface area contributed by atoms with Crippen LogP contribution >= 0.6 is 0 Å². The third-order valence-electron chi connectivity index (χ3n) is 6.05. The van der Waals surface area contributed by atoms with Gasteiger partial charge in [0.05, 0.1) is 26.9 Å². The number of rotatable bonds is 12. The molecule has 1 heterocycles. The molecule has 0 amide bonds. The Hall–Kier alpha value is -4.92. The number of benzene rings is 3. The molecule has 0 radical (unpaired) electrons. The van der Waals surface area contributed by atoms with Crippen LogP contribution in [0.3, 0.4) is 0 Å². The van der Waals surface area contributed by atoms with Gasteiger partial charge in [0, 0.05) is 17.6 Å². The highest BCUT2D eigenvalue weighted by molar-refractivity contribution is 6.26. The molecule has 0 bridgehead atoms. The largest absolute Gasteiger partial charge is 0.497 e. The van der Waals surface area contributed by atoms with E-state index in [1.54, 1.807) is 60.7 Å². The second-order valence-electron chi connectivity index (χ2n) is 8.39. The van der Waals surface area contributed by atoms with E-state index in [1.807, 2.05) is 0 Å². The van der Waals surface area contributed by atoms with Crippen LogP contribution in [0.1, 0.15) is 21.5 Å². The molecule has 0 aromatic heterocycles. The van der Waals surface area contributed by atoms with Gasteiger partial charge in [-0.15, -0.1) is 0 Å². The number of carboxylic acids is 1. The molecule has 1 aliphatic heterocycles. The lowest BCUT2D eigenvalue weighted by molar-refractivity contribution is -0.130. The van der Waals surface area contributed by atoms with Crippen LogP contribution in [0.25, 0.3) is 5.57 Å². The Morgan fingerprint density at radius 2 is 1.54 bits per heavy atom. The Balaban J connectivity index is 1.88. The van der Waals surface area contributed by atoms with Crippen molar-refractivity contribution >= 4 is 17.3 Å². The zero-order valence-electron chi connectivity index (χ0n) is 21.8. The standard InChI is InChI=1S/C30H28O9/c1-5-12-37-29-25(35-3)14-18(15-26(29)36-4)13-22(28(31)19-6-9-21(34-2)10-7-19)27(30(32)33)20-8-11-23-24(16-20)39-17-38-23/h5-11,14-16H,1,12-13,17H2,2-4H3,(H,32,33). The van der Waals surface area contributed by atoms with E-state index in [-0.39, 0.29) is 31.0 Å². The number of carbonyl (C=O) groups excluding carboxylic acids is 1. The summed E-state index contributed by atoms with van der Waals surface area (Å²) < 4.78 is 32.8. The first-order valence-electron chi connectivity index (χ1n) is 11.9. The normalized spacial score (nSPS) is 12.3. The molecule has 0 aliphatic carbocycles. The molecule has 0 spiro atoms. The molecule has 4 rings (SSSR count). The quantitative estimate of drug-likeness (QED) is 0.196. The highest BCUT2D eigenvalue weighted by atomic mass is 16.7. The summed E-state index contributed by atoms with van der Waals surface area (Å²) in [5.41, 5.74) is 1.06. The summed E-state index contributed by atoms with van der Waals surface area (Å²) in [5.74, 6) is 0.824. The lowest BCUT2D eigenvalue weighted by Gasteiger charge is -2.17. The molecule has 0 saturated carbocycles. The van der Waals surface area contributed by atoms with E-state index in [2.05, 4.69) is 6.58 Å². The fourth-order valence-electron chi connectivity index (χ4n) is 4.20. The average molecular weight is 533 g/mol. The van der Waals surface area contributed by atoms with Gasteiger partial charge in [-0.2, -0.15) is 0 Å². The number of hydrogen-bond donors (Lipinski definition) is 1. The van der Waals surface area contributed by atoms with Crippen LogP contribution < -0.4 is 28.4 Å². The van der Waals surface area contributed by atoms with Crippen LogP contribution in [0, 0.1) is 0 Å². The molecule has 9 nitrogen and oxygen atoms in total. The summed E-state index contributed by atoms with van der Waals surface area (Å²) in [6.07, 6.45) is 1.54. The number of carboxylic acid groups (broad SMARTS) is 1. The predicted octanol–water partition coefficient (Wildman–Crippen LogP) is 4.97. The number of allylic oxidation sites excluding steroid dienone is 1. The van der Waals surface area contributed by atoms with Gasteiger partial charge in [0.15, 0.2) is 28.8 Å². The van der Waals surface area contributed by atoms with Gasteiger partial charge in [0.25, 0.3) is 0 Å².